The molecule has 0 radical (unpaired) electrons. The van der Waals surface area contributed by atoms with Crippen LogP contribution in [0.15, 0.2) is 6.07 Å². The summed E-state index contributed by atoms with van der Waals surface area (Å²) < 4.78 is 9.95. The van der Waals surface area contributed by atoms with Gasteiger partial charge in [-0.3, -0.25) is 4.79 Å². The monoisotopic (exact) mass is 343 g/mol. The first-order valence-electron chi connectivity index (χ1n) is 7.21. The van der Waals surface area contributed by atoms with Crippen LogP contribution in [0.25, 0.3) is 0 Å². The first-order chi connectivity index (χ1) is 10.6. The number of esters is 1. The fraction of sp³-hybridized carbons (Fsp3) is 0.643. The molecule has 0 amide bonds. The highest BCUT2D eigenvalue weighted by Crippen LogP contribution is 2.56. The quantitative estimate of drug-likeness (QED) is 0.597. The predicted octanol–water partition coefficient (Wildman–Crippen LogP) is 1.86. The Kier molecular flexibility index (Phi) is 4.75. The van der Waals surface area contributed by atoms with Gasteiger partial charge in [0.05, 0.1) is 36.5 Å². The fourth-order valence-electron chi connectivity index (χ4n) is 2.44. The van der Waals surface area contributed by atoms with Gasteiger partial charge in [-0.1, -0.05) is 0 Å². The zero-order chi connectivity index (χ0) is 15.6. The molecule has 1 aliphatic carbocycles. The summed E-state index contributed by atoms with van der Waals surface area (Å²) >= 11 is 7.69. The number of anilines is 1. The van der Waals surface area contributed by atoms with Gasteiger partial charge in [-0.05, 0) is 24.4 Å². The van der Waals surface area contributed by atoms with Crippen molar-refractivity contribution in [2.75, 3.05) is 44.1 Å². The lowest BCUT2D eigenvalue weighted by atomic mass is 10.2. The molecule has 0 atom stereocenters. The smallest absolute Gasteiger partial charge is 0.315 e. The molecule has 0 unspecified atom stereocenters. The summed E-state index contributed by atoms with van der Waals surface area (Å²) in [5.41, 5.74) is 0.905. The number of morpholine rings is 1. The molecule has 3 rings (SSSR count). The van der Waals surface area contributed by atoms with Crippen LogP contribution < -0.4 is 4.90 Å². The van der Waals surface area contributed by atoms with Crippen molar-refractivity contribution >= 4 is 35.1 Å². The minimum atomic E-state index is -0.218. The molecule has 0 bridgehead atoms. The minimum Gasteiger partial charge on any atom is -0.468 e. The molecular weight excluding hydrogens is 326 g/mol. The predicted molar refractivity (Wildman–Crippen MR) is 85.5 cm³/mol. The van der Waals surface area contributed by atoms with E-state index in [9.17, 15) is 4.79 Å². The third kappa shape index (κ3) is 3.47. The van der Waals surface area contributed by atoms with Crippen molar-refractivity contribution in [2.45, 2.75) is 17.6 Å². The van der Waals surface area contributed by atoms with E-state index in [1.165, 1.54) is 7.11 Å². The van der Waals surface area contributed by atoms with Gasteiger partial charge in [0.1, 0.15) is 5.82 Å². The number of carbonyl (C=O) groups excluding carboxylic acids is 1. The number of nitrogens with zero attached hydrogens (tertiary/aromatic N) is 3. The van der Waals surface area contributed by atoms with Crippen molar-refractivity contribution in [3.05, 3.63) is 17.0 Å². The minimum absolute atomic E-state index is 0.123. The van der Waals surface area contributed by atoms with Crippen LogP contribution in [0.2, 0.25) is 5.28 Å². The van der Waals surface area contributed by atoms with Crippen LogP contribution >= 0.6 is 23.4 Å². The number of halogens is 1. The summed E-state index contributed by atoms with van der Waals surface area (Å²) in [4.78, 5) is 22.3. The molecule has 2 heterocycles. The third-order valence-corrected chi connectivity index (χ3v) is 5.60. The number of carbonyl (C=O) groups is 1. The Labute approximate surface area is 138 Å². The molecule has 1 saturated carbocycles. The molecule has 22 heavy (non-hydrogen) atoms. The Morgan fingerprint density at radius 3 is 2.82 bits per heavy atom. The maximum atomic E-state index is 11.4. The van der Waals surface area contributed by atoms with Crippen molar-refractivity contribution < 1.29 is 14.3 Å². The molecule has 2 aliphatic rings. The zero-order valence-electron chi connectivity index (χ0n) is 12.4. The summed E-state index contributed by atoms with van der Waals surface area (Å²) in [6.45, 7) is 2.99. The van der Waals surface area contributed by atoms with E-state index in [2.05, 4.69) is 14.9 Å². The summed E-state index contributed by atoms with van der Waals surface area (Å²) in [6.07, 6.45) is 1.98. The lowest BCUT2D eigenvalue weighted by molar-refractivity contribution is -0.137. The van der Waals surface area contributed by atoms with Crippen molar-refractivity contribution in [1.82, 2.24) is 9.97 Å². The largest absolute Gasteiger partial charge is 0.468 e. The number of methoxy groups -OCH3 is 1. The van der Waals surface area contributed by atoms with Crippen LogP contribution in [0.5, 0.6) is 0 Å². The normalized spacial score (nSPS) is 19.8. The zero-order valence-corrected chi connectivity index (χ0v) is 14.0. The van der Waals surface area contributed by atoms with E-state index in [-0.39, 0.29) is 16.0 Å². The maximum absolute atomic E-state index is 11.4. The van der Waals surface area contributed by atoms with E-state index < -0.39 is 0 Å². The molecule has 1 aliphatic heterocycles. The van der Waals surface area contributed by atoms with Gasteiger partial charge in [-0.25, -0.2) is 9.97 Å². The van der Waals surface area contributed by atoms with Gasteiger partial charge in [0.15, 0.2) is 0 Å². The summed E-state index contributed by atoms with van der Waals surface area (Å²) in [6, 6.07) is 1.99. The molecule has 8 heteroatoms. The van der Waals surface area contributed by atoms with Gasteiger partial charge in [0.25, 0.3) is 0 Å². The number of hydrogen-bond donors (Lipinski definition) is 0. The maximum Gasteiger partial charge on any atom is 0.315 e. The third-order valence-electron chi connectivity index (χ3n) is 3.89. The van der Waals surface area contributed by atoms with E-state index in [4.69, 9.17) is 21.1 Å². The van der Waals surface area contributed by atoms with Gasteiger partial charge in [0, 0.05) is 19.2 Å². The van der Waals surface area contributed by atoms with Gasteiger partial charge in [0.2, 0.25) is 5.28 Å². The standard InChI is InChI=1S/C14H18ClN3O3S/c1-20-12(19)9-22-14(2-3-14)10-8-11(17-13(15)16-10)18-4-6-21-7-5-18/h8H,2-7,9H2,1H3. The second-order valence-electron chi connectivity index (χ2n) is 5.34. The van der Waals surface area contributed by atoms with Crippen LogP contribution in [-0.2, 0) is 19.0 Å². The van der Waals surface area contributed by atoms with Crippen LogP contribution in [0, 0.1) is 0 Å². The SMILES string of the molecule is COC(=O)CSC1(c2cc(N3CCOCC3)nc(Cl)n2)CC1. The molecular formula is C14H18ClN3O3S. The molecule has 120 valence electrons. The molecule has 0 spiro atoms. The van der Waals surface area contributed by atoms with E-state index >= 15 is 0 Å². The van der Waals surface area contributed by atoms with Crippen LogP contribution in [-0.4, -0.2) is 55.1 Å². The highest BCUT2D eigenvalue weighted by molar-refractivity contribution is 8.01. The number of aromatic nitrogens is 2. The summed E-state index contributed by atoms with van der Waals surface area (Å²) in [5, 5.41) is 0.254. The number of thioether (sulfide) groups is 1. The van der Waals surface area contributed by atoms with Crippen molar-refractivity contribution in [1.29, 1.82) is 0 Å². The fourth-order valence-corrected chi connectivity index (χ4v) is 3.77. The van der Waals surface area contributed by atoms with Crippen LogP contribution in [0.1, 0.15) is 18.5 Å². The van der Waals surface area contributed by atoms with Gasteiger partial charge >= 0.3 is 5.97 Å². The Hall–Kier alpha value is -1.05. The van der Waals surface area contributed by atoms with E-state index in [0.29, 0.717) is 19.0 Å². The Balaban J connectivity index is 1.78. The first-order valence-corrected chi connectivity index (χ1v) is 8.58. The molecule has 1 aromatic rings. The van der Waals surface area contributed by atoms with E-state index in [1.54, 1.807) is 11.8 Å². The molecule has 0 N–H and O–H groups in total. The van der Waals surface area contributed by atoms with Crippen LogP contribution in [0.4, 0.5) is 5.82 Å². The number of hydrogen-bond acceptors (Lipinski definition) is 7. The van der Waals surface area contributed by atoms with Crippen LogP contribution in [0.3, 0.4) is 0 Å². The van der Waals surface area contributed by atoms with Gasteiger partial charge in [-0.2, -0.15) is 0 Å². The van der Waals surface area contributed by atoms with Crippen molar-refractivity contribution in [3.8, 4) is 0 Å². The van der Waals surface area contributed by atoms with Gasteiger partial charge < -0.3 is 14.4 Å². The van der Waals surface area contributed by atoms with Crippen molar-refractivity contribution in [3.63, 3.8) is 0 Å². The first kappa shape index (κ1) is 15.8. The lowest BCUT2D eigenvalue weighted by Gasteiger charge is -2.28. The Morgan fingerprint density at radius 1 is 1.45 bits per heavy atom. The second kappa shape index (κ2) is 6.60. The molecule has 2 fully saturated rings. The average molecular weight is 344 g/mol. The summed E-state index contributed by atoms with van der Waals surface area (Å²) in [5.74, 6) is 0.943. The molecule has 0 aromatic carbocycles. The molecule has 1 saturated heterocycles. The number of rotatable bonds is 5. The van der Waals surface area contributed by atoms with Crippen molar-refractivity contribution in [2.24, 2.45) is 0 Å². The summed E-state index contributed by atoms with van der Waals surface area (Å²) in [7, 11) is 1.40. The molecule has 1 aromatic heterocycles. The van der Waals surface area contributed by atoms with Gasteiger partial charge in [-0.15, -0.1) is 11.8 Å². The average Bonchev–Trinajstić information content (AvgIpc) is 3.34. The lowest BCUT2D eigenvalue weighted by Crippen LogP contribution is -2.37. The highest BCUT2D eigenvalue weighted by Gasteiger charge is 2.47. The van der Waals surface area contributed by atoms with E-state index in [1.807, 2.05) is 6.07 Å². The second-order valence-corrected chi connectivity index (χ2v) is 7.04. The Morgan fingerprint density at radius 2 is 2.18 bits per heavy atom. The highest BCUT2D eigenvalue weighted by atomic mass is 35.5. The topological polar surface area (TPSA) is 64.5 Å². The van der Waals surface area contributed by atoms with E-state index in [0.717, 1.165) is 37.4 Å². The number of ether oxygens (including phenoxy) is 2. The molecule has 6 nitrogen and oxygen atoms in total. The Bertz CT molecular complexity index is 562.